The van der Waals surface area contributed by atoms with E-state index in [0.717, 1.165) is 0 Å². The molecule has 0 bridgehead atoms. The Morgan fingerprint density at radius 2 is 1.67 bits per heavy atom. The topological polar surface area (TPSA) is 69.2 Å². The monoisotopic (exact) mass is 176 g/mol. The molecule has 0 aliphatic carbocycles. The fourth-order valence-corrected chi connectivity index (χ4v) is 0.671. The van der Waals surface area contributed by atoms with Gasteiger partial charge in [0.1, 0.15) is 0 Å². The first kappa shape index (κ1) is 13.2. The molecule has 5 heteroatoms. The van der Waals surface area contributed by atoms with Crippen LogP contribution in [0.4, 0.5) is 0 Å². The van der Waals surface area contributed by atoms with Crippen molar-refractivity contribution >= 4 is 45.7 Å². The fourth-order valence-electron chi connectivity index (χ4n) is 0.224. The normalized spacial score (nSPS) is 14.3. The van der Waals surface area contributed by atoms with Crippen LogP contribution < -0.4 is 14.7 Å². The van der Waals surface area contributed by atoms with Crippen molar-refractivity contribution in [3.63, 3.8) is 0 Å². The molecule has 0 aromatic heterocycles. The van der Waals surface area contributed by atoms with Crippen LogP contribution in [0.1, 0.15) is 20.3 Å². The Kier molecular flexibility index (Phi) is 7.69. The minimum atomic E-state index is -4.26. The predicted molar refractivity (Wildman–Crippen MR) is 32.4 cm³/mol. The number of rotatable bonds is 2. The summed E-state index contributed by atoms with van der Waals surface area (Å²) >= 11 is 0. The van der Waals surface area contributed by atoms with E-state index < -0.39 is 13.6 Å². The van der Waals surface area contributed by atoms with Crippen LogP contribution in [0.5, 0.6) is 0 Å². The van der Waals surface area contributed by atoms with Gasteiger partial charge in [0.05, 0.1) is 0 Å². The molecule has 0 aromatic rings. The number of hydrogen-bond acceptors (Lipinski definition) is 3. The van der Waals surface area contributed by atoms with Gasteiger partial charge >= 0.3 is 37.7 Å². The first-order valence-electron chi connectivity index (χ1n) is 2.50. The molecule has 1 unspecified atom stereocenters. The molecule has 9 heavy (non-hydrogen) atoms. The third-order valence-corrected chi connectivity index (χ3v) is 2.58. The first-order chi connectivity index (χ1) is 3.48. The molecular weight excluding hydrogens is 167 g/mol. The zero-order valence-corrected chi connectivity index (χ0v) is 8.77. The number of hydrogen-bond donors (Lipinski definition) is 0. The Hall–Kier alpha value is 1.57. The summed E-state index contributed by atoms with van der Waals surface area (Å²) in [5, 5.41) is 0. The average molecular weight is 176 g/mol. The molecule has 0 heterocycles. The predicted octanol–water partition coefficient (Wildman–Crippen LogP) is -1.75. The summed E-state index contributed by atoms with van der Waals surface area (Å²) < 4.78 is 0. The van der Waals surface area contributed by atoms with Crippen molar-refractivity contribution in [2.24, 2.45) is 0 Å². The van der Waals surface area contributed by atoms with Crippen LogP contribution in [0.2, 0.25) is 0 Å². The van der Waals surface area contributed by atoms with Gasteiger partial charge in [0.15, 0.2) is 0 Å². The third-order valence-electron chi connectivity index (χ3n) is 1.13. The van der Waals surface area contributed by atoms with E-state index in [-0.39, 0.29) is 37.7 Å². The van der Waals surface area contributed by atoms with Crippen LogP contribution in [-0.4, -0.2) is 43.4 Å². The van der Waals surface area contributed by atoms with Gasteiger partial charge in [-0.2, -0.15) is 7.94 Å². The van der Waals surface area contributed by atoms with Crippen LogP contribution in [0, 0.1) is 0 Å². The van der Waals surface area contributed by atoms with Gasteiger partial charge in [-0.25, -0.2) is 0 Å². The molecule has 1 atom stereocenters. The smallest absolute Gasteiger partial charge is 0.687 e. The first-order valence-corrected chi connectivity index (χ1v) is 4.11. The Morgan fingerprint density at radius 3 is 1.67 bits per heavy atom. The van der Waals surface area contributed by atoms with Gasteiger partial charge < -0.3 is 14.7 Å². The van der Waals surface area contributed by atoms with E-state index in [0.29, 0.717) is 6.42 Å². The van der Waals surface area contributed by atoms with Crippen molar-refractivity contribution in [3.05, 3.63) is 0 Å². The van der Waals surface area contributed by atoms with Crippen molar-refractivity contribution in [3.8, 4) is 0 Å². The molecule has 0 aliphatic rings. The summed E-state index contributed by atoms with van der Waals surface area (Å²) in [4.78, 5) is 30.1. The Bertz CT molecular complexity index is 72.7. The van der Waals surface area contributed by atoms with Crippen molar-refractivity contribution in [1.29, 1.82) is 0 Å². The molecule has 0 saturated heterocycles. The van der Waals surface area contributed by atoms with E-state index in [1.165, 1.54) is 6.92 Å². The van der Waals surface area contributed by atoms with E-state index in [1.807, 2.05) is 0 Å². The van der Waals surface area contributed by atoms with Gasteiger partial charge in [0.25, 0.3) is 0 Å². The van der Waals surface area contributed by atoms with E-state index in [1.54, 1.807) is 6.92 Å². The molecule has 50 valence electrons. The van der Waals surface area contributed by atoms with Crippen molar-refractivity contribution in [1.82, 2.24) is 0 Å². The summed E-state index contributed by atoms with van der Waals surface area (Å²) in [5.41, 5.74) is -0.706. The van der Waals surface area contributed by atoms with E-state index >= 15 is 0 Å². The minimum absolute atomic E-state index is 0. The maximum Gasteiger partial charge on any atom is 2.00 e. The molecule has 0 rings (SSSR count). The fraction of sp³-hybridized carbons (Fsp3) is 1.00. The Morgan fingerprint density at radius 1 is 1.33 bits per heavy atom. The van der Waals surface area contributed by atoms with Crippen molar-refractivity contribution in [2.75, 3.05) is 0 Å². The van der Waals surface area contributed by atoms with Crippen LogP contribution >= 0.6 is 7.94 Å². The second-order valence-corrected chi connectivity index (χ2v) is 3.76. The molecule has 0 spiro atoms. The van der Waals surface area contributed by atoms with Gasteiger partial charge in [0, 0.05) is 5.66 Å². The van der Waals surface area contributed by atoms with E-state index in [4.69, 9.17) is 0 Å². The standard InChI is InChI=1S/C4H11O3P.Ca/c1-3-4(2)8(5,6)7;/h4H,3H2,1-2H3,(H2,5,6,7);/q;+2/p-2. The van der Waals surface area contributed by atoms with E-state index in [2.05, 4.69) is 0 Å². The molecule has 0 saturated carbocycles. The summed E-state index contributed by atoms with van der Waals surface area (Å²) in [5.74, 6) is 0. The van der Waals surface area contributed by atoms with Gasteiger partial charge in [-0.15, -0.1) is 0 Å². The Labute approximate surface area is 85.7 Å². The minimum Gasteiger partial charge on any atom is -0.687 e. The largest absolute Gasteiger partial charge is 2.00 e. The van der Waals surface area contributed by atoms with Gasteiger partial charge in [-0.3, -0.25) is 0 Å². The van der Waals surface area contributed by atoms with Crippen molar-refractivity contribution < 1.29 is 14.7 Å². The zero-order chi connectivity index (χ0) is 6.78. The van der Waals surface area contributed by atoms with Crippen LogP contribution in [0.25, 0.3) is 0 Å². The maximum absolute atomic E-state index is 10.0. The molecule has 3 nitrogen and oxygen atoms in total. The molecule has 0 amide bonds. The quantitative estimate of drug-likeness (QED) is 0.370. The second-order valence-electron chi connectivity index (χ2n) is 1.80. The molecule has 0 fully saturated rings. The zero-order valence-electron chi connectivity index (χ0n) is 5.66. The van der Waals surface area contributed by atoms with Crippen LogP contribution in [0.15, 0.2) is 0 Å². The van der Waals surface area contributed by atoms with Crippen LogP contribution in [-0.2, 0) is 0 Å². The van der Waals surface area contributed by atoms with Gasteiger partial charge in [0.2, 0.25) is 0 Å². The molecule has 0 N–H and O–H groups in total. The van der Waals surface area contributed by atoms with Gasteiger partial charge in [-0.1, -0.05) is 6.92 Å². The van der Waals surface area contributed by atoms with Gasteiger partial charge in [-0.05, 0) is 13.3 Å². The average Bonchev–Trinajstić information content (AvgIpc) is 1.62. The molecule has 0 aliphatic heterocycles. The van der Waals surface area contributed by atoms with E-state index in [9.17, 15) is 14.7 Å². The molecule has 0 aromatic carbocycles. The summed E-state index contributed by atoms with van der Waals surface area (Å²) in [6.45, 7) is 3.09. The third kappa shape index (κ3) is 5.99. The summed E-state index contributed by atoms with van der Waals surface area (Å²) in [7, 11) is -4.26. The maximum atomic E-state index is 10.0. The summed E-state index contributed by atoms with van der Waals surface area (Å²) in [6.07, 6.45) is 0.407. The Balaban J connectivity index is 0. The van der Waals surface area contributed by atoms with Crippen LogP contribution in [0.3, 0.4) is 0 Å². The molecular formula is C4H9CaO3P. The summed E-state index contributed by atoms with van der Waals surface area (Å²) in [6, 6.07) is 0. The molecule has 0 radical (unpaired) electrons. The second kappa shape index (κ2) is 5.25. The SMILES string of the molecule is CCC(C)[P+]([O-])([O-])[O-].[Ca+2]. The van der Waals surface area contributed by atoms with Crippen molar-refractivity contribution in [2.45, 2.75) is 25.9 Å².